The van der Waals surface area contributed by atoms with Gasteiger partial charge in [0.05, 0.1) is 5.92 Å². The molecule has 5 heteroatoms. The van der Waals surface area contributed by atoms with Crippen LogP contribution in [0.25, 0.3) is 0 Å². The Morgan fingerprint density at radius 1 is 0.933 bits per heavy atom. The van der Waals surface area contributed by atoms with Gasteiger partial charge in [-0.3, -0.25) is 9.59 Å². The molecule has 0 aliphatic rings. The first-order chi connectivity index (χ1) is 6.20. The van der Waals surface area contributed by atoms with Crippen molar-refractivity contribution in [3.05, 3.63) is 0 Å². The van der Waals surface area contributed by atoms with Crippen LogP contribution in [0.3, 0.4) is 0 Å². The van der Waals surface area contributed by atoms with Crippen molar-refractivity contribution in [1.29, 1.82) is 0 Å². The maximum atomic E-state index is 10.6. The SMILES string of the molecule is CC(=O)O.CC(C)C(C(=O)O)C(C)C.[AlH3]. The van der Waals surface area contributed by atoms with Crippen LogP contribution in [-0.2, 0) is 9.59 Å². The Hall–Kier alpha value is -0.528. The Bertz CT molecular complexity index is 178. The number of carbonyl (C=O) groups is 2. The minimum absolute atomic E-state index is 0. The quantitative estimate of drug-likeness (QED) is 0.712. The molecule has 0 rings (SSSR count). The molecule has 0 radical (unpaired) electrons. The third-order valence-corrected chi connectivity index (χ3v) is 1.72. The second-order valence-electron chi connectivity index (χ2n) is 3.87. The summed E-state index contributed by atoms with van der Waals surface area (Å²) in [7, 11) is 0. The molecule has 0 spiro atoms. The molecule has 0 unspecified atom stereocenters. The highest BCUT2D eigenvalue weighted by Crippen LogP contribution is 2.19. The molecule has 2 N–H and O–H groups in total. The van der Waals surface area contributed by atoms with Gasteiger partial charge in [0.1, 0.15) is 0 Å². The maximum absolute atomic E-state index is 10.6. The van der Waals surface area contributed by atoms with Gasteiger partial charge in [-0.25, -0.2) is 0 Å². The minimum Gasteiger partial charge on any atom is -0.481 e. The zero-order valence-electron chi connectivity index (χ0n) is 9.44. The predicted octanol–water partition coefficient (Wildman–Crippen LogP) is 0.906. The van der Waals surface area contributed by atoms with Crippen LogP contribution in [0.5, 0.6) is 0 Å². The largest absolute Gasteiger partial charge is 0.481 e. The van der Waals surface area contributed by atoms with E-state index in [0.29, 0.717) is 0 Å². The van der Waals surface area contributed by atoms with E-state index >= 15 is 0 Å². The molecule has 0 aliphatic carbocycles. The lowest BCUT2D eigenvalue weighted by Gasteiger charge is -2.19. The normalized spacial score (nSPS) is 9.33. The Balaban J connectivity index is -0.000000249. The third kappa shape index (κ3) is 13.5. The molecule has 0 aliphatic heterocycles. The lowest BCUT2D eigenvalue weighted by molar-refractivity contribution is -0.145. The summed E-state index contributed by atoms with van der Waals surface area (Å²) in [5.41, 5.74) is 0. The second kappa shape index (κ2) is 10.0. The molecule has 0 bridgehead atoms. The fourth-order valence-corrected chi connectivity index (χ4v) is 1.34. The first-order valence-corrected chi connectivity index (χ1v) is 4.62. The van der Waals surface area contributed by atoms with Crippen LogP contribution in [0, 0.1) is 17.8 Å². The Morgan fingerprint density at radius 2 is 1.13 bits per heavy atom. The zero-order chi connectivity index (χ0) is 11.9. The first kappa shape index (κ1) is 20.0. The molecule has 0 heterocycles. The number of hydrogen-bond donors (Lipinski definition) is 2. The van der Waals surface area contributed by atoms with Gasteiger partial charge in [0.15, 0.2) is 17.4 Å². The van der Waals surface area contributed by atoms with Crippen molar-refractivity contribution >= 4 is 29.3 Å². The standard InChI is InChI=1S/C8H16O2.C2H4O2.Al.3H/c1-5(2)7(6(3)4)8(9)10;1-2(3)4;;;;/h5-7H,1-4H3,(H,9,10);1H3,(H,3,4);;;;. The van der Waals surface area contributed by atoms with Crippen molar-refractivity contribution in [1.82, 2.24) is 0 Å². The van der Waals surface area contributed by atoms with Gasteiger partial charge in [-0.15, -0.1) is 0 Å². The van der Waals surface area contributed by atoms with Crippen LogP contribution >= 0.6 is 0 Å². The minimum atomic E-state index is -0.833. The number of hydrogen-bond acceptors (Lipinski definition) is 2. The third-order valence-electron chi connectivity index (χ3n) is 1.72. The van der Waals surface area contributed by atoms with Crippen LogP contribution in [0.2, 0.25) is 0 Å². The van der Waals surface area contributed by atoms with Crippen molar-refractivity contribution in [2.75, 3.05) is 0 Å². The van der Waals surface area contributed by atoms with Crippen molar-refractivity contribution in [3.8, 4) is 0 Å². The summed E-state index contributed by atoms with van der Waals surface area (Å²) in [5.74, 6) is -1.24. The average molecular weight is 234 g/mol. The van der Waals surface area contributed by atoms with Crippen molar-refractivity contribution in [2.45, 2.75) is 34.6 Å². The molecular formula is C10H23AlO4. The lowest BCUT2D eigenvalue weighted by atomic mass is 9.86. The van der Waals surface area contributed by atoms with Gasteiger partial charge < -0.3 is 10.2 Å². The molecule has 0 amide bonds. The summed E-state index contributed by atoms with van der Waals surface area (Å²) in [4.78, 5) is 19.6. The van der Waals surface area contributed by atoms with Crippen LogP contribution in [0.4, 0.5) is 0 Å². The van der Waals surface area contributed by atoms with Gasteiger partial charge in [-0.2, -0.15) is 0 Å². The molecule has 0 saturated heterocycles. The van der Waals surface area contributed by atoms with Crippen molar-refractivity contribution in [3.63, 3.8) is 0 Å². The number of rotatable bonds is 3. The van der Waals surface area contributed by atoms with Gasteiger partial charge in [0, 0.05) is 6.92 Å². The highest BCUT2D eigenvalue weighted by Gasteiger charge is 2.24. The maximum Gasteiger partial charge on any atom is 0.307 e. The fourth-order valence-electron chi connectivity index (χ4n) is 1.34. The zero-order valence-corrected chi connectivity index (χ0v) is 9.44. The van der Waals surface area contributed by atoms with Gasteiger partial charge >= 0.3 is 5.97 Å². The van der Waals surface area contributed by atoms with Crippen LogP contribution < -0.4 is 0 Å². The molecule has 0 aromatic carbocycles. The number of carboxylic acids is 2. The van der Waals surface area contributed by atoms with E-state index in [1.807, 2.05) is 27.7 Å². The Kier molecular flexibility index (Phi) is 13.3. The molecule has 15 heavy (non-hydrogen) atoms. The Labute approximate surface area is 102 Å². The van der Waals surface area contributed by atoms with Crippen molar-refractivity contribution < 1.29 is 19.8 Å². The van der Waals surface area contributed by atoms with Gasteiger partial charge in [-0.05, 0) is 11.8 Å². The van der Waals surface area contributed by atoms with Crippen LogP contribution in [0.1, 0.15) is 34.6 Å². The molecular weight excluding hydrogens is 211 g/mol. The summed E-state index contributed by atoms with van der Waals surface area (Å²) >= 11 is 0. The van der Waals surface area contributed by atoms with E-state index in [1.54, 1.807) is 0 Å². The van der Waals surface area contributed by atoms with E-state index in [1.165, 1.54) is 0 Å². The molecule has 0 aromatic rings. The van der Waals surface area contributed by atoms with E-state index in [0.717, 1.165) is 6.92 Å². The van der Waals surface area contributed by atoms with E-state index in [-0.39, 0.29) is 35.1 Å². The first-order valence-electron chi connectivity index (χ1n) is 4.62. The van der Waals surface area contributed by atoms with Gasteiger partial charge in [0.25, 0.3) is 5.97 Å². The van der Waals surface area contributed by atoms with Gasteiger partial charge in [-0.1, -0.05) is 27.7 Å². The monoisotopic (exact) mass is 234 g/mol. The Morgan fingerprint density at radius 3 is 1.13 bits per heavy atom. The van der Waals surface area contributed by atoms with Crippen molar-refractivity contribution in [2.24, 2.45) is 17.8 Å². The highest BCUT2D eigenvalue weighted by molar-refractivity contribution is 5.75. The van der Waals surface area contributed by atoms with E-state index in [2.05, 4.69) is 0 Å². The molecule has 90 valence electrons. The summed E-state index contributed by atoms with van der Waals surface area (Å²) < 4.78 is 0. The topological polar surface area (TPSA) is 74.6 Å². The molecule has 0 fully saturated rings. The van der Waals surface area contributed by atoms with E-state index < -0.39 is 11.9 Å². The van der Waals surface area contributed by atoms with Crippen LogP contribution in [0.15, 0.2) is 0 Å². The highest BCUT2D eigenvalue weighted by atomic mass is 27.0. The summed E-state index contributed by atoms with van der Waals surface area (Å²) in [6.45, 7) is 8.86. The molecule has 0 aromatic heterocycles. The summed E-state index contributed by atoms with van der Waals surface area (Å²) in [6, 6.07) is 0. The second-order valence-corrected chi connectivity index (χ2v) is 3.87. The number of carboxylic acid groups (broad SMARTS) is 2. The smallest absolute Gasteiger partial charge is 0.307 e. The lowest BCUT2D eigenvalue weighted by Crippen LogP contribution is -2.24. The van der Waals surface area contributed by atoms with Gasteiger partial charge in [0.2, 0.25) is 0 Å². The van der Waals surface area contributed by atoms with E-state index in [9.17, 15) is 4.79 Å². The average Bonchev–Trinajstić information content (AvgIpc) is 1.80. The summed E-state index contributed by atoms with van der Waals surface area (Å²) in [6.07, 6.45) is 0. The number of aliphatic carboxylic acids is 2. The van der Waals surface area contributed by atoms with E-state index in [4.69, 9.17) is 15.0 Å². The fraction of sp³-hybridized carbons (Fsp3) is 0.800. The molecule has 0 atom stereocenters. The molecule has 0 saturated carbocycles. The van der Waals surface area contributed by atoms with Crippen LogP contribution in [-0.4, -0.2) is 39.5 Å². The predicted molar refractivity (Wildman–Crippen MR) is 64.1 cm³/mol. The molecule has 4 nitrogen and oxygen atoms in total. The summed E-state index contributed by atoms with van der Waals surface area (Å²) in [5, 5.41) is 16.1.